The van der Waals surface area contributed by atoms with Crippen molar-refractivity contribution in [3.05, 3.63) is 0 Å². The molecule has 0 bridgehead atoms. The van der Waals surface area contributed by atoms with E-state index >= 15 is 0 Å². The Morgan fingerprint density at radius 2 is 1.83 bits per heavy atom. The van der Waals surface area contributed by atoms with E-state index in [1.165, 1.54) is 0 Å². The molecule has 0 atom stereocenters. The molecule has 1 amide bonds. The second kappa shape index (κ2) is 4.56. The van der Waals surface area contributed by atoms with Gasteiger partial charge in [-0.3, -0.25) is 4.79 Å². The van der Waals surface area contributed by atoms with Gasteiger partial charge in [-0.2, -0.15) is 0 Å². The molecule has 1 N–H and O–H groups in total. The number of amides is 1. The maximum Gasteiger partial charge on any atom is 0.408 e. The van der Waals surface area contributed by atoms with Crippen molar-refractivity contribution in [2.24, 2.45) is 5.92 Å². The Morgan fingerprint density at radius 3 is 2.28 bits per heavy atom. The highest BCUT2D eigenvalue weighted by atomic mass is 16.6. The van der Waals surface area contributed by atoms with Crippen molar-refractivity contribution in [3.63, 3.8) is 0 Å². The molecule has 0 aromatic carbocycles. The number of ketones is 1. The standard InChI is InChI=1S/C14H23NO3/c1-13(2,3)18-12(17)15-14(10-4-5-10)8-6-11(16)7-9-14/h10H,4-9H2,1-3H3,(H,15,17). The van der Waals surface area contributed by atoms with Gasteiger partial charge < -0.3 is 10.1 Å². The minimum absolute atomic E-state index is 0.184. The Bertz CT molecular complexity index is 343. The average molecular weight is 253 g/mol. The smallest absolute Gasteiger partial charge is 0.408 e. The Hall–Kier alpha value is -1.06. The lowest BCUT2D eigenvalue weighted by molar-refractivity contribution is -0.121. The van der Waals surface area contributed by atoms with Gasteiger partial charge in [-0.1, -0.05) is 0 Å². The number of hydrogen-bond donors (Lipinski definition) is 1. The highest BCUT2D eigenvalue weighted by molar-refractivity contribution is 5.80. The second-order valence-electron chi connectivity index (χ2n) is 6.60. The van der Waals surface area contributed by atoms with Crippen LogP contribution in [0.5, 0.6) is 0 Å². The quantitative estimate of drug-likeness (QED) is 0.823. The average Bonchev–Trinajstić information content (AvgIpc) is 3.02. The molecule has 0 unspecified atom stereocenters. The third-order valence-corrected chi connectivity index (χ3v) is 3.81. The predicted octanol–water partition coefficient (Wildman–Crippen LogP) is 2.80. The first kappa shape index (κ1) is 13.4. The highest BCUT2D eigenvalue weighted by Gasteiger charge is 2.48. The van der Waals surface area contributed by atoms with Crippen molar-refractivity contribution in [2.75, 3.05) is 0 Å². The van der Waals surface area contributed by atoms with Gasteiger partial charge in [0.1, 0.15) is 11.4 Å². The zero-order chi connectivity index (χ0) is 13.4. The fraction of sp³-hybridized carbons (Fsp3) is 0.857. The molecule has 2 aliphatic carbocycles. The van der Waals surface area contributed by atoms with E-state index in [1.807, 2.05) is 20.8 Å². The van der Waals surface area contributed by atoms with Gasteiger partial charge in [-0.05, 0) is 52.4 Å². The van der Waals surface area contributed by atoms with E-state index in [4.69, 9.17) is 4.74 Å². The summed E-state index contributed by atoms with van der Waals surface area (Å²) in [5.74, 6) is 0.857. The molecule has 0 aromatic rings. The lowest BCUT2D eigenvalue weighted by atomic mass is 9.77. The number of ether oxygens (including phenoxy) is 1. The number of alkyl carbamates (subject to hydrolysis) is 1. The molecule has 0 radical (unpaired) electrons. The van der Waals surface area contributed by atoms with E-state index < -0.39 is 5.60 Å². The van der Waals surface area contributed by atoms with Crippen LogP contribution in [0.4, 0.5) is 4.79 Å². The third-order valence-electron chi connectivity index (χ3n) is 3.81. The van der Waals surface area contributed by atoms with Crippen LogP contribution in [-0.4, -0.2) is 23.0 Å². The molecule has 2 saturated carbocycles. The highest BCUT2D eigenvalue weighted by Crippen LogP contribution is 2.46. The summed E-state index contributed by atoms with van der Waals surface area (Å²) >= 11 is 0. The number of rotatable bonds is 2. The first-order chi connectivity index (χ1) is 8.31. The predicted molar refractivity (Wildman–Crippen MR) is 68.3 cm³/mol. The molecule has 4 nitrogen and oxygen atoms in total. The summed E-state index contributed by atoms with van der Waals surface area (Å²) in [7, 11) is 0. The van der Waals surface area contributed by atoms with Crippen LogP contribution in [0, 0.1) is 5.92 Å². The van der Waals surface area contributed by atoms with Crippen LogP contribution in [0.3, 0.4) is 0 Å². The summed E-state index contributed by atoms with van der Waals surface area (Å²) in [6.45, 7) is 5.59. The SMILES string of the molecule is CC(C)(C)OC(=O)NC1(C2CC2)CCC(=O)CC1. The molecule has 2 rings (SSSR count). The monoisotopic (exact) mass is 253 g/mol. The number of carbonyl (C=O) groups excluding carboxylic acids is 2. The maximum absolute atomic E-state index is 11.9. The summed E-state index contributed by atoms with van der Waals surface area (Å²) in [6.07, 6.45) is 4.70. The third kappa shape index (κ3) is 3.24. The Morgan fingerprint density at radius 1 is 1.28 bits per heavy atom. The number of Topliss-reactive ketones (excluding diaryl/α,β-unsaturated/α-hetero) is 1. The van der Waals surface area contributed by atoms with Crippen LogP contribution in [0.2, 0.25) is 0 Å². The van der Waals surface area contributed by atoms with Crippen molar-refractivity contribution in [2.45, 2.75) is 70.4 Å². The molecular weight excluding hydrogens is 230 g/mol. The van der Waals surface area contributed by atoms with Gasteiger partial charge in [0.05, 0.1) is 0 Å². The fourth-order valence-corrected chi connectivity index (χ4v) is 2.75. The van der Waals surface area contributed by atoms with Crippen LogP contribution in [0.1, 0.15) is 59.3 Å². The Labute approximate surface area is 108 Å². The molecule has 18 heavy (non-hydrogen) atoms. The molecule has 0 saturated heterocycles. The molecule has 102 valence electrons. The van der Waals surface area contributed by atoms with Crippen molar-refractivity contribution >= 4 is 11.9 Å². The summed E-state index contributed by atoms with van der Waals surface area (Å²) in [5, 5.41) is 3.06. The second-order valence-corrected chi connectivity index (χ2v) is 6.60. The van der Waals surface area contributed by atoms with Gasteiger partial charge in [0.25, 0.3) is 0 Å². The van der Waals surface area contributed by atoms with E-state index in [2.05, 4.69) is 5.32 Å². The topological polar surface area (TPSA) is 55.4 Å². The van der Waals surface area contributed by atoms with E-state index in [0.29, 0.717) is 24.5 Å². The van der Waals surface area contributed by atoms with Crippen LogP contribution in [0.15, 0.2) is 0 Å². The zero-order valence-electron chi connectivity index (χ0n) is 11.5. The van der Waals surface area contributed by atoms with Crippen LogP contribution in [-0.2, 0) is 9.53 Å². The van der Waals surface area contributed by atoms with Crippen molar-refractivity contribution in [1.29, 1.82) is 0 Å². The number of hydrogen-bond acceptors (Lipinski definition) is 3. The van der Waals surface area contributed by atoms with Crippen LogP contribution < -0.4 is 5.32 Å². The maximum atomic E-state index is 11.9. The fourth-order valence-electron chi connectivity index (χ4n) is 2.75. The molecule has 4 heteroatoms. The van der Waals surface area contributed by atoms with Crippen molar-refractivity contribution in [1.82, 2.24) is 5.32 Å². The summed E-state index contributed by atoms with van der Waals surface area (Å²) in [4.78, 5) is 23.3. The lowest BCUT2D eigenvalue weighted by Crippen LogP contribution is -2.53. The van der Waals surface area contributed by atoms with E-state index in [-0.39, 0.29) is 11.6 Å². The molecule has 0 aromatic heterocycles. The molecule has 0 spiro atoms. The number of carbonyl (C=O) groups is 2. The summed E-state index contributed by atoms with van der Waals surface area (Å²) < 4.78 is 5.34. The first-order valence-electron chi connectivity index (χ1n) is 6.84. The molecular formula is C14H23NO3. The van der Waals surface area contributed by atoms with Crippen molar-refractivity contribution < 1.29 is 14.3 Å². The normalized spacial score (nSPS) is 23.6. The van der Waals surface area contributed by atoms with Gasteiger partial charge in [0.15, 0.2) is 0 Å². The van der Waals surface area contributed by atoms with E-state index in [0.717, 1.165) is 25.7 Å². The van der Waals surface area contributed by atoms with Crippen molar-refractivity contribution in [3.8, 4) is 0 Å². The van der Waals surface area contributed by atoms with Gasteiger partial charge in [0, 0.05) is 18.4 Å². The molecule has 0 aliphatic heterocycles. The lowest BCUT2D eigenvalue weighted by Gasteiger charge is -2.38. The zero-order valence-corrected chi connectivity index (χ0v) is 11.5. The minimum atomic E-state index is -0.473. The van der Waals surface area contributed by atoms with Gasteiger partial charge in [0.2, 0.25) is 0 Å². The Kier molecular flexibility index (Phi) is 3.39. The summed E-state index contributed by atoms with van der Waals surface area (Å²) in [5.41, 5.74) is -0.657. The molecule has 2 aliphatic rings. The largest absolute Gasteiger partial charge is 0.444 e. The molecule has 2 fully saturated rings. The van der Waals surface area contributed by atoms with Gasteiger partial charge in [-0.25, -0.2) is 4.79 Å². The molecule has 0 heterocycles. The van der Waals surface area contributed by atoms with Gasteiger partial charge >= 0.3 is 6.09 Å². The first-order valence-corrected chi connectivity index (χ1v) is 6.84. The summed E-state index contributed by atoms with van der Waals surface area (Å²) in [6, 6.07) is 0. The number of nitrogens with one attached hydrogen (secondary N) is 1. The van der Waals surface area contributed by atoms with E-state index in [1.54, 1.807) is 0 Å². The van der Waals surface area contributed by atoms with Crippen LogP contribution in [0.25, 0.3) is 0 Å². The van der Waals surface area contributed by atoms with Crippen LogP contribution >= 0.6 is 0 Å². The Balaban J connectivity index is 1.98. The minimum Gasteiger partial charge on any atom is -0.444 e. The van der Waals surface area contributed by atoms with E-state index in [9.17, 15) is 9.59 Å². The van der Waals surface area contributed by atoms with Gasteiger partial charge in [-0.15, -0.1) is 0 Å².